The minimum atomic E-state index is -1.84. The van der Waals surface area contributed by atoms with Gasteiger partial charge in [0.25, 0.3) is 0 Å². The van der Waals surface area contributed by atoms with E-state index in [0.29, 0.717) is 11.1 Å². The molecule has 3 aromatic carbocycles. The first-order chi connectivity index (χ1) is 12.6. The molecule has 0 amide bonds. The number of oxime groups is 2. The minimum Gasteiger partial charge on any atom is -0.410 e. The lowest BCUT2D eigenvalue weighted by atomic mass is 9.83. The van der Waals surface area contributed by atoms with E-state index in [4.69, 9.17) is 5.73 Å². The molecule has 0 saturated carbocycles. The van der Waals surface area contributed by atoms with Gasteiger partial charge in [0, 0.05) is 12.1 Å². The number of benzene rings is 3. The standard InChI is InChI=1S/C20H19N3O3/c21-13-20(24,17-11-10-14-6-4-5-9-16(14)12-17)19(23-26)18(22-25)15-7-2-1-3-8-15/h1-12,24-26H,13,21H2/b22-18+,23-19+. The van der Waals surface area contributed by atoms with E-state index in [9.17, 15) is 15.5 Å². The maximum Gasteiger partial charge on any atom is 0.149 e. The summed E-state index contributed by atoms with van der Waals surface area (Å²) >= 11 is 0. The second-order valence-electron chi connectivity index (χ2n) is 5.89. The van der Waals surface area contributed by atoms with Crippen molar-refractivity contribution in [2.75, 3.05) is 6.54 Å². The normalized spacial score (nSPS) is 15.0. The Morgan fingerprint density at radius 1 is 0.846 bits per heavy atom. The number of aliphatic hydroxyl groups is 1. The first-order valence-corrected chi connectivity index (χ1v) is 8.06. The molecule has 6 nitrogen and oxygen atoms in total. The van der Waals surface area contributed by atoms with Crippen molar-refractivity contribution in [3.8, 4) is 0 Å². The third kappa shape index (κ3) is 3.03. The van der Waals surface area contributed by atoms with Crippen molar-refractivity contribution >= 4 is 22.2 Å². The van der Waals surface area contributed by atoms with Crippen molar-refractivity contribution in [1.29, 1.82) is 0 Å². The van der Waals surface area contributed by atoms with Gasteiger partial charge >= 0.3 is 0 Å². The van der Waals surface area contributed by atoms with Crippen LogP contribution in [0.5, 0.6) is 0 Å². The lowest BCUT2D eigenvalue weighted by Crippen LogP contribution is -2.47. The third-order valence-corrected chi connectivity index (χ3v) is 4.39. The minimum absolute atomic E-state index is 0.0609. The van der Waals surface area contributed by atoms with E-state index < -0.39 is 5.60 Å². The van der Waals surface area contributed by atoms with Crippen LogP contribution in [-0.4, -0.2) is 33.5 Å². The summed E-state index contributed by atoms with van der Waals surface area (Å²) in [5.41, 5.74) is 4.64. The van der Waals surface area contributed by atoms with Crippen LogP contribution in [0.25, 0.3) is 10.8 Å². The summed E-state index contributed by atoms with van der Waals surface area (Å²) in [6, 6.07) is 21.6. The number of hydrogen-bond acceptors (Lipinski definition) is 6. The average molecular weight is 349 g/mol. The molecule has 0 heterocycles. The Labute approximate surface area is 150 Å². The second kappa shape index (κ2) is 7.35. The number of fused-ring (bicyclic) bond motifs is 1. The highest BCUT2D eigenvalue weighted by Crippen LogP contribution is 2.28. The van der Waals surface area contributed by atoms with E-state index >= 15 is 0 Å². The monoisotopic (exact) mass is 349 g/mol. The van der Waals surface area contributed by atoms with Crippen LogP contribution in [0.2, 0.25) is 0 Å². The summed E-state index contributed by atoms with van der Waals surface area (Å²) in [6.45, 7) is -0.267. The summed E-state index contributed by atoms with van der Waals surface area (Å²) in [5.74, 6) is 0. The van der Waals surface area contributed by atoms with E-state index in [2.05, 4.69) is 10.3 Å². The predicted molar refractivity (Wildman–Crippen MR) is 101 cm³/mol. The fourth-order valence-corrected chi connectivity index (χ4v) is 2.96. The number of rotatable bonds is 5. The molecule has 3 rings (SSSR count). The second-order valence-corrected chi connectivity index (χ2v) is 5.89. The Morgan fingerprint density at radius 3 is 2.12 bits per heavy atom. The zero-order valence-electron chi connectivity index (χ0n) is 13.9. The van der Waals surface area contributed by atoms with Crippen LogP contribution in [-0.2, 0) is 5.60 Å². The molecule has 26 heavy (non-hydrogen) atoms. The van der Waals surface area contributed by atoms with Gasteiger partial charge < -0.3 is 21.3 Å². The van der Waals surface area contributed by atoms with Crippen molar-refractivity contribution in [1.82, 2.24) is 0 Å². The van der Waals surface area contributed by atoms with E-state index in [-0.39, 0.29) is 18.0 Å². The molecular formula is C20H19N3O3. The molecule has 5 N–H and O–H groups in total. The van der Waals surface area contributed by atoms with Crippen molar-refractivity contribution in [3.63, 3.8) is 0 Å². The Bertz CT molecular complexity index is 970. The highest BCUT2D eigenvalue weighted by Gasteiger charge is 2.39. The van der Waals surface area contributed by atoms with Gasteiger partial charge in [-0.1, -0.05) is 77.0 Å². The molecular weight excluding hydrogens is 330 g/mol. The number of hydrogen-bond donors (Lipinski definition) is 4. The summed E-state index contributed by atoms with van der Waals surface area (Å²) in [6.07, 6.45) is 0. The fourth-order valence-electron chi connectivity index (χ4n) is 2.96. The highest BCUT2D eigenvalue weighted by atomic mass is 16.4. The SMILES string of the molecule is NCC(O)(C(=N/O)/C(=N/O)c1ccccc1)c1ccc2ccccc2c1. The Hall–Kier alpha value is -3.22. The maximum atomic E-state index is 11.3. The Morgan fingerprint density at radius 2 is 1.50 bits per heavy atom. The molecule has 1 unspecified atom stereocenters. The van der Waals surface area contributed by atoms with Gasteiger partial charge in [-0.2, -0.15) is 0 Å². The Kier molecular flexibility index (Phi) is 4.97. The van der Waals surface area contributed by atoms with Crippen molar-refractivity contribution in [3.05, 3.63) is 83.9 Å². The molecule has 132 valence electrons. The molecule has 0 aliphatic rings. The molecule has 0 aliphatic carbocycles. The van der Waals surface area contributed by atoms with Gasteiger partial charge in [0.1, 0.15) is 17.0 Å². The van der Waals surface area contributed by atoms with Gasteiger partial charge in [-0.3, -0.25) is 0 Å². The molecule has 1 atom stereocenters. The van der Waals surface area contributed by atoms with Crippen LogP contribution in [0.4, 0.5) is 0 Å². The van der Waals surface area contributed by atoms with E-state index in [1.807, 2.05) is 30.3 Å². The third-order valence-electron chi connectivity index (χ3n) is 4.39. The lowest BCUT2D eigenvalue weighted by Gasteiger charge is -2.28. The molecule has 0 fully saturated rings. The van der Waals surface area contributed by atoms with E-state index in [1.54, 1.807) is 42.5 Å². The van der Waals surface area contributed by atoms with Crippen LogP contribution in [0, 0.1) is 0 Å². The first-order valence-electron chi connectivity index (χ1n) is 8.06. The highest BCUT2D eigenvalue weighted by molar-refractivity contribution is 6.50. The van der Waals surface area contributed by atoms with Crippen LogP contribution < -0.4 is 5.73 Å². The number of nitrogens with two attached hydrogens (primary N) is 1. The Balaban J connectivity index is 2.14. The molecule has 6 heteroatoms. The van der Waals surface area contributed by atoms with Gasteiger partial charge in [-0.05, 0) is 22.4 Å². The van der Waals surface area contributed by atoms with Gasteiger partial charge in [-0.25, -0.2) is 0 Å². The van der Waals surface area contributed by atoms with E-state index in [1.165, 1.54) is 0 Å². The smallest absolute Gasteiger partial charge is 0.149 e. The fraction of sp³-hybridized carbons (Fsp3) is 0.100. The summed E-state index contributed by atoms with van der Waals surface area (Å²) in [4.78, 5) is 0. The average Bonchev–Trinajstić information content (AvgIpc) is 2.71. The predicted octanol–water partition coefficient (Wildman–Crippen LogP) is 2.69. The van der Waals surface area contributed by atoms with Crippen LogP contribution in [0.3, 0.4) is 0 Å². The summed E-state index contributed by atoms with van der Waals surface area (Å²) in [5, 5.41) is 38.7. The molecule has 0 aliphatic heterocycles. The van der Waals surface area contributed by atoms with Gasteiger partial charge in [0.05, 0.1) is 0 Å². The quantitative estimate of drug-likeness (QED) is 0.322. The molecule has 0 spiro atoms. The van der Waals surface area contributed by atoms with E-state index in [0.717, 1.165) is 10.8 Å². The number of nitrogens with zero attached hydrogens (tertiary/aromatic N) is 2. The molecule has 0 radical (unpaired) electrons. The summed E-state index contributed by atoms with van der Waals surface area (Å²) in [7, 11) is 0. The molecule has 3 aromatic rings. The van der Waals surface area contributed by atoms with Gasteiger partial charge in [0.2, 0.25) is 0 Å². The van der Waals surface area contributed by atoms with Crippen LogP contribution in [0.15, 0.2) is 83.1 Å². The van der Waals surface area contributed by atoms with Crippen molar-refractivity contribution < 1.29 is 15.5 Å². The lowest BCUT2D eigenvalue weighted by molar-refractivity contribution is 0.118. The molecule has 0 bridgehead atoms. The van der Waals surface area contributed by atoms with Gasteiger partial charge in [-0.15, -0.1) is 0 Å². The van der Waals surface area contributed by atoms with Crippen molar-refractivity contribution in [2.24, 2.45) is 16.0 Å². The zero-order chi connectivity index (χ0) is 18.6. The van der Waals surface area contributed by atoms with Gasteiger partial charge in [0.15, 0.2) is 0 Å². The van der Waals surface area contributed by atoms with Crippen molar-refractivity contribution in [2.45, 2.75) is 5.60 Å². The molecule has 0 aromatic heterocycles. The molecule has 0 saturated heterocycles. The topological polar surface area (TPSA) is 111 Å². The largest absolute Gasteiger partial charge is 0.410 e. The first kappa shape index (κ1) is 17.6. The van der Waals surface area contributed by atoms with Crippen LogP contribution >= 0.6 is 0 Å². The summed E-state index contributed by atoms with van der Waals surface area (Å²) < 4.78 is 0. The maximum absolute atomic E-state index is 11.3. The van der Waals surface area contributed by atoms with Crippen LogP contribution in [0.1, 0.15) is 11.1 Å². The zero-order valence-corrected chi connectivity index (χ0v) is 13.9.